The van der Waals surface area contributed by atoms with Crippen molar-refractivity contribution in [2.24, 2.45) is 7.05 Å². The van der Waals surface area contributed by atoms with Crippen LogP contribution in [-0.4, -0.2) is 112 Å². The number of H-pyrrole nitrogens is 1. The van der Waals surface area contributed by atoms with Crippen LogP contribution in [0.4, 0.5) is 18.4 Å². The van der Waals surface area contributed by atoms with Gasteiger partial charge in [0.25, 0.3) is 11.8 Å². The summed E-state index contributed by atoms with van der Waals surface area (Å²) in [5.74, 6) is -0.0329. The van der Waals surface area contributed by atoms with E-state index in [1.165, 1.54) is 24.3 Å². The molecule has 8 heterocycles. The summed E-state index contributed by atoms with van der Waals surface area (Å²) in [6.45, 7) is 12.6. The minimum absolute atomic E-state index is 0.111. The summed E-state index contributed by atoms with van der Waals surface area (Å²) in [6, 6.07) is 12.5. The van der Waals surface area contributed by atoms with Gasteiger partial charge in [-0.1, -0.05) is 24.3 Å². The number of rotatable bonds is 2. The van der Waals surface area contributed by atoms with Crippen LogP contribution in [0.5, 0.6) is 0 Å². The van der Waals surface area contributed by atoms with E-state index in [1.807, 2.05) is 54.8 Å². The molecule has 4 aromatic heterocycles. The molecular weight excluding hydrogens is 911 g/mol. The summed E-state index contributed by atoms with van der Waals surface area (Å²) in [5, 5.41) is 6.34. The first-order valence-corrected chi connectivity index (χ1v) is 23.9. The molecule has 3 N–H and O–H groups in total. The molecular formula is C53H54F2N10O6. The number of aromatic amines is 1. The van der Waals surface area contributed by atoms with E-state index in [2.05, 4.69) is 30.2 Å². The van der Waals surface area contributed by atoms with Crippen LogP contribution in [0, 0.1) is 11.6 Å². The lowest BCUT2D eigenvalue weighted by molar-refractivity contribution is -0.0172. The standard InChI is InChI=1S/C27H28FN5O3.C26H26FN5O3/c1-26(2,3)36-25(35)33-13-27(14-33)11-19-20(24(34)31-27)18-9-8-16-12-29-23(15-6-5-7-17(28)10-15)30-21(16)22(18)32(19)4;1-25(2,3)35-24(34)32-12-26(13-32)10-18-19(23(33)31-26)17-8-7-15-11-28-22(30-20(15)21(17)29-18)14-5-4-6-16(27)9-14/h5-7,10,12H,8-9,11,13-14H2,1-4H3,(H,31,34);4-6,9,11,29H,7-8,10,12-13H2,1-3H3,(H,31,33). The Labute approximate surface area is 408 Å². The van der Waals surface area contributed by atoms with Crippen molar-refractivity contribution >= 4 is 24.0 Å². The highest BCUT2D eigenvalue weighted by Gasteiger charge is 2.53. The van der Waals surface area contributed by atoms with Crippen LogP contribution < -0.4 is 10.6 Å². The first-order valence-electron chi connectivity index (χ1n) is 23.9. The SMILES string of the molecule is CC(C)(C)OC(=O)N1CC2(Cc3[nH]c4c(c3C(=O)N2)CCc2cnc(-c3cccc(F)c3)nc2-4)C1.Cn1c2c(c3c1-c1nc(-c4cccc(F)c4)ncc1CC3)C(=O)NC1(C2)CN(C(=O)OC(C)(C)C)C1. The highest BCUT2D eigenvalue weighted by molar-refractivity contribution is 6.02. The quantitative estimate of drug-likeness (QED) is 0.159. The van der Waals surface area contributed by atoms with Crippen LogP contribution in [0.3, 0.4) is 0 Å². The Morgan fingerprint density at radius 3 is 1.69 bits per heavy atom. The van der Waals surface area contributed by atoms with Gasteiger partial charge >= 0.3 is 12.2 Å². The van der Waals surface area contributed by atoms with Gasteiger partial charge in [-0.2, -0.15) is 0 Å². The molecule has 0 saturated carbocycles. The number of likely N-dealkylation sites (tertiary alicyclic amines) is 2. The number of benzene rings is 2. The highest BCUT2D eigenvalue weighted by atomic mass is 19.1. The number of aromatic nitrogens is 6. The van der Waals surface area contributed by atoms with Crippen molar-refractivity contribution < 1.29 is 37.4 Å². The summed E-state index contributed by atoms with van der Waals surface area (Å²) >= 11 is 0. The van der Waals surface area contributed by atoms with Gasteiger partial charge in [0.1, 0.15) is 22.8 Å². The fourth-order valence-electron chi connectivity index (χ4n) is 10.9. The minimum Gasteiger partial charge on any atom is -0.444 e. The Kier molecular flexibility index (Phi) is 10.5. The molecule has 6 aliphatic rings. The van der Waals surface area contributed by atoms with Gasteiger partial charge in [0.15, 0.2) is 11.6 Å². The van der Waals surface area contributed by atoms with E-state index < -0.39 is 22.3 Å². The van der Waals surface area contributed by atoms with Crippen LogP contribution in [0.25, 0.3) is 45.6 Å². The Bertz CT molecular complexity index is 3240. The average molecular weight is 965 g/mol. The molecule has 366 valence electrons. The van der Waals surface area contributed by atoms with Gasteiger partial charge in [-0.25, -0.2) is 38.3 Å². The lowest BCUT2D eigenvalue weighted by Crippen LogP contribution is -2.74. The number of hydrogen-bond donors (Lipinski definition) is 3. The number of halogens is 2. The third-order valence-corrected chi connectivity index (χ3v) is 14.0. The zero-order valence-corrected chi connectivity index (χ0v) is 40.7. The lowest BCUT2D eigenvalue weighted by atomic mass is 9.80. The molecule has 0 radical (unpaired) electrons. The molecule has 12 rings (SSSR count). The number of ether oxygens (including phenoxy) is 2. The first kappa shape index (κ1) is 45.9. The Morgan fingerprint density at radius 2 is 1.15 bits per heavy atom. The molecule has 2 aliphatic carbocycles. The Morgan fingerprint density at radius 1 is 0.662 bits per heavy atom. The number of fused-ring (bicyclic) bond motifs is 10. The summed E-state index contributed by atoms with van der Waals surface area (Å²) in [7, 11) is 1.97. The molecule has 71 heavy (non-hydrogen) atoms. The van der Waals surface area contributed by atoms with Crippen molar-refractivity contribution in [2.45, 2.75) is 102 Å². The molecule has 4 aliphatic heterocycles. The molecule has 6 aromatic rings. The molecule has 16 nitrogen and oxygen atoms in total. The first-order chi connectivity index (χ1) is 33.6. The second kappa shape index (κ2) is 16.3. The maximum atomic E-state index is 13.8. The van der Waals surface area contributed by atoms with Crippen LogP contribution in [0.1, 0.15) is 95.9 Å². The third kappa shape index (κ3) is 8.25. The third-order valence-electron chi connectivity index (χ3n) is 14.0. The van der Waals surface area contributed by atoms with E-state index >= 15 is 0 Å². The predicted molar refractivity (Wildman–Crippen MR) is 257 cm³/mol. The number of hydrogen-bond acceptors (Lipinski definition) is 10. The van der Waals surface area contributed by atoms with E-state index in [9.17, 15) is 28.0 Å². The molecule has 0 bridgehead atoms. The summed E-state index contributed by atoms with van der Waals surface area (Å²) in [6.07, 6.45) is 6.96. The zero-order valence-electron chi connectivity index (χ0n) is 40.7. The van der Waals surface area contributed by atoms with Crippen molar-refractivity contribution in [3.05, 3.63) is 117 Å². The van der Waals surface area contributed by atoms with E-state index in [0.717, 1.165) is 75.7 Å². The van der Waals surface area contributed by atoms with Crippen molar-refractivity contribution in [2.75, 3.05) is 26.2 Å². The van der Waals surface area contributed by atoms with E-state index in [0.29, 0.717) is 79.3 Å². The van der Waals surface area contributed by atoms with Gasteiger partial charge in [0.2, 0.25) is 0 Å². The number of aryl methyl sites for hydroxylation is 2. The topological polar surface area (TPSA) is 190 Å². The monoisotopic (exact) mass is 964 g/mol. The Balaban J connectivity index is 0.000000154. The van der Waals surface area contributed by atoms with Crippen molar-refractivity contribution in [1.82, 2.24) is 49.9 Å². The fraction of sp³-hybridized carbons (Fsp3) is 0.396. The van der Waals surface area contributed by atoms with Crippen LogP contribution >= 0.6 is 0 Å². The maximum absolute atomic E-state index is 13.8. The molecule has 2 fully saturated rings. The van der Waals surface area contributed by atoms with Gasteiger partial charge in [0, 0.05) is 81.0 Å². The Hall–Kier alpha value is -7.50. The van der Waals surface area contributed by atoms with E-state index in [-0.39, 0.29) is 35.6 Å². The molecule has 0 atom stereocenters. The normalized spacial score (nSPS) is 17.6. The maximum Gasteiger partial charge on any atom is 0.410 e. The second-order valence-electron chi connectivity index (χ2n) is 21.7. The largest absolute Gasteiger partial charge is 0.444 e. The smallest absolute Gasteiger partial charge is 0.410 e. The number of carbonyl (C=O) groups excluding carboxylic acids is 4. The summed E-state index contributed by atoms with van der Waals surface area (Å²) in [5.41, 5.74) is 9.48. The van der Waals surface area contributed by atoms with Gasteiger partial charge < -0.3 is 39.5 Å². The van der Waals surface area contributed by atoms with E-state index in [4.69, 9.17) is 19.4 Å². The van der Waals surface area contributed by atoms with Crippen molar-refractivity contribution in [1.29, 1.82) is 0 Å². The van der Waals surface area contributed by atoms with Gasteiger partial charge in [-0.15, -0.1) is 0 Å². The molecule has 2 spiro atoms. The molecule has 2 saturated heterocycles. The van der Waals surface area contributed by atoms with E-state index in [1.54, 1.807) is 40.3 Å². The number of amides is 4. The van der Waals surface area contributed by atoms with Crippen LogP contribution in [0.15, 0.2) is 60.9 Å². The number of nitrogens with zero attached hydrogens (tertiary/aromatic N) is 7. The number of carbonyl (C=O) groups is 4. The molecule has 2 aromatic carbocycles. The fourth-order valence-corrected chi connectivity index (χ4v) is 10.9. The highest BCUT2D eigenvalue weighted by Crippen LogP contribution is 2.43. The summed E-state index contributed by atoms with van der Waals surface area (Å²) in [4.78, 5) is 76.8. The second-order valence-corrected chi connectivity index (χ2v) is 21.7. The molecule has 18 heteroatoms. The molecule has 0 unspecified atom stereocenters. The van der Waals surface area contributed by atoms with Gasteiger partial charge in [-0.05, 0) is 114 Å². The van der Waals surface area contributed by atoms with Crippen molar-refractivity contribution in [3.63, 3.8) is 0 Å². The van der Waals surface area contributed by atoms with Gasteiger partial charge in [-0.3, -0.25) is 9.59 Å². The minimum atomic E-state index is -0.570. The van der Waals surface area contributed by atoms with Crippen LogP contribution in [-0.2, 0) is 55.0 Å². The lowest BCUT2D eigenvalue weighted by Gasteiger charge is -2.51. The number of nitrogens with one attached hydrogen (secondary N) is 3. The zero-order chi connectivity index (χ0) is 49.9. The summed E-state index contributed by atoms with van der Waals surface area (Å²) < 4.78 is 40.6. The van der Waals surface area contributed by atoms with Crippen LogP contribution in [0.2, 0.25) is 0 Å². The predicted octanol–water partition coefficient (Wildman–Crippen LogP) is 7.31. The molecule has 4 amide bonds. The average Bonchev–Trinajstić information content (AvgIpc) is 3.81. The van der Waals surface area contributed by atoms with Crippen molar-refractivity contribution in [3.8, 4) is 45.6 Å². The van der Waals surface area contributed by atoms with Gasteiger partial charge in [0.05, 0.1) is 45.0 Å².